The van der Waals surface area contributed by atoms with Gasteiger partial charge >= 0.3 is 12.2 Å². The molecule has 2 amide bonds. The Morgan fingerprint density at radius 2 is 1.48 bits per heavy atom. The van der Waals surface area contributed by atoms with Gasteiger partial charge in [0.25, 0.3) is 0 Å². The van der Waals surface area contributed by atoms with Crippen LogP contribution in [0.25, 0.3) is 0 Å². The van der Waals surface area contributed by atoms with E-state index in [2.05, 4.69) is 5.43 Å². The van der Waals surface area contributed by atoms with E-state index in [0.29, 0.717) is 6.42 Å². The van der Waals surface area contributed by atoms with Gasteiger partial charge in [-0.2, -0.15) is 0 Å². The van der Waals surface area contributed by atoms with Crippen LogP contribution in [0.15, 0.2) is 60.7 Å². The maximum Gasteiger partial charge on any atom is 0.429 e. The van der Waals surface area contributed by atoms with E-state index in [9.17, 15) is 14.7 Å². The molecule has 7 heteroatoms. The zero-order chi connectivity index (χ0) is 19.5. The number of hydrogen-bond acceptors (Lipinski definition) is 5. The lowest BCUT2D eigenvalue weighted by atomic mass is 10.2. The summed E-state index contributed by atoms with van der Waals surface area (Å²) in [5, 5.41) is 10.5. The molecular formula is C20H24N2O5. The molecule has 0 aliphatic carbocycles. The van der Waals surface area contributed by atoms with Gasteiger partial charge in [0.2, 0.25) is 0 Å². The zero-order valence-electron chi connectivity index (χ0n) is 15.2. The highest BCUT2D eigenvalue weighted by atomic mass is 16.6. The van der Waals surface area contributed by atoms with Crippen LogP contribution in [0.1, 0.15) is 24.5 Å². The molecule has 7 nitrogen and oxygen atoms in total. The van der Waals surface area contributed by atoms with Crippen LogP contribution in [0.3, 0.4) is 0 Å². The lowest BCUT2D eigenvalue weighted by Crippen LogP contribution is -2.53. The van der Waals surface area contributed by atoms with Crippen LogP contribution in [0.2, 0.25) is 0 Å². The van der Waals surface area contributed by atoms with Gasteiger partial charge < -0.3 is 14.6 Å². The summed E-state index contributed by atoms with van der Waals surface area (Å²) in [6.07, 6.45) is -1.14. The third-order valence-electron chi connectivity index (χ3n) is 3.87. The fourth-order valence-corrected chi connectivity index (χ4v) is 2.32. The van der Waals surface area contributed by atoms with Crippen molar-refractivity contribution in [2.24, 2.45) is 0 Å². The number of hydrazine groups is 1. The van der Waals surface area contributed by atoms with Crippen LogP contribution in [0.5, 0.6) is 0 Å². The molecule has 0 aromatic heterocycles. The number of hydrogen-bond donors (Lipinski definition) is 2. The summed E-state index contributed by atoms with van der Waals surface area (Å²) in [6, 6.07) is 17.7. The maximum atomic E-state index is 12.4. The van der Waals surface area contributed by atoms with Crippen molar-refractivity contribution < 1.29 is 24.2 Å². The Morgan fingerprint density at radius 1 is 0.963 bits per heavy atom. The average molecular weight is 372 g/mol. The predicted molar refractivity (Wildman–Crippen MR) is 99.4 cm³/mol. The standard InChI is InChI=1S/C20H24N2O5/c1-2-18(13-23)22(20(25)27-15-17-11-7-4-8-12-17)21-19(24)26-14-16-9-5-3-6-10-16/h3-12,18,23H,2,13-15H2,1H3,(H,21,24)/t18-/m1/s1. The van der Waals surface area contributed by atoms with Crippen LogP contribution in [0.4, 0.5) is 9.59 Å². The monoisotopic (exact) mass is 372 g/mol. The number of benzene rings is 2. The molecule has 0 aliphatic heterocycles. The van der Waals surface area contributed by atoms with Crippen LogP contribution in [0, 0.1) is 0 Å². The van der Waals surface area contributed by atoms with Crippen molar-refractivity contribution in [2.75, 3.05) is 6.61 Å². The van der Waals surface area contributed by atoms with Gasteiger partial charge in [-0.3, -0.25) is 0 Å². The van der Waals surface area contributed by atoms with Gasteiger partial charge in [-0.05, 0) is 17.5 Å². The molecule has 0 fully saturated rings. The Bertz CT molecular complexity index is 705. The highest BCUT2D eigenvalue weighted by Crippen LogP contribution is 2.08. The number of nitrogens with zero attached hydrogens (tertiary/aromatic N) is 1. The van der Waals surface area contributed by atoms with Gasteiger partial charge in [0.15, 0.2) is 0 Å². The summed E-state index contributed by atoms with van der Waals surface area (Å²) in [7, 11) is 0. The fourth-order valence-electron chi connectivity index (χ4n) is 2.32. The Kier molecular flexibility index (Phi) is 8.12. The molecule has 27 heavy (non-hydrogen) atoms. The molecule has 0 aliphatic rings. The number of ether oxygens (including phenoxy) is 2. The van der Waals surface area contributed by atoms with E-state index in [1.165, 1.54) is 0 Å². The average Bonchev–Trinajstić information content (AvgIpc) is 2.72. The van der Waals surface area contributed by atoms with E-state index in [0.717, 1.165) is 16.1 Å². The summed E-state index contributed by atoms with van der Waals surface area (Å²) in [5.41, 5.74) is 4.00. The highest BCUT2D eigenvalue weighted by Gasteiger charge is 2.26. The Morgan fingerprint density at radius 3 is 1.96 bits per heavy atom. The summed E-state index contributed by atoms with van der Waals surface area (Å²) in [6.45, 7) is 1.58. The first-order valence-electron chi connectivity index (χ1n) is 8.72. The van der Waals surface area contributed by atoms with Crippen LogP contribution >= 0.6 is 0 Å². The summed E-state index contributed by atoms with van der Waals surface area (Å²) in [4.78, 5) is 24.5. The summed E-state index contributed by atoms with van der Waals surface area (Å²) in [5.74, 6) is 0. The topological polar surface area (TPSA) is 88.1 Å². The normalized spacial score (nSPS) is 11.3. The Hall–Kier alpha value is -3.06. The molecule has 144 valence electrons. The van der Waals surface area contributed by atoms with Gasteiger partial charge in [-0.1, -0.05) is 67.6 Å². The molecule has 0 spiro atoms. The molecule has 0 unspecified atom stereocenters. The molecule has 2 rings (SSSR count). The van der Waals surface area contributed by atoms with Crippen molar-refractivity contribution in [1.82, 2.24) is 10.4 Å². The number of nitrogens with one attached hydrogen (secondary N) is 1. The molecular weight excluding hydrogens is 348 g/mol. The second-order valence-electron chi connectivity index (χ2n) is 5.83. The third kappa shape index (κ3) is 6.63. The van der Waals surface area contributed by atoms with Crippen molar-refractivity contribution in [3.8, 4) is 0 Å². The van der Waals surface area contributed by atoms with E-state index in [1.54, 1.807) is 6.92 Å². The van der Waals surface area contributed by atoms with Gasteiger partial charge in [-0.15, -0.1) is 0 Å². The predicted octanol–water partition coefficient (Wildman–Crippen LogP) is 3.24. The molecule has 0 bridgehead atoms. The molecule has 2 aromatic carbocycles. The second-order valence-corrected chi connectivity index (χ2v) is 5.83. The Balaban J connectivity index is 1.93. The quantitative estimate of drug-likeness (QED) is 0.729. The minimum absolute atomic E-state index is 0.0543. The lowest BCUT2D eigenvalue weighted by molar-refractivity contribution is 0.0312. The number of carbonyl (C=O) groups excluding carboxylic acids is 2. The number of carbonyl (C=O) groups is 2. The van der Waals surface area contributed by atoms with Crippen molar-refractivity contribution in [1.29, 1.82) is 0 Å². The van der Waals surface area contributed by atoms with Gasteiger partial charge in [0.1, 0.15) is 13.2 Å². The highest BCUT2D eigenvalue weighted by molar-refractivity contribution is 5.74. The van der Waals surface area contributed by atoms with Gasteiger partial charge in [0.05, 0.1) is 12.6 Å². The molecule has 0 saturated carbocycles. The van der Waals surface area contributed by atoms with E-state index in [-0.39, 0.29) is 19.8 Å². The molecule has 2 N–H and O–H groups in total. The van der Waals surface area contributed by atoms with Gasteiger partial charge in [0, 0.05) is 0 Å². The number of amides is 2. The molecule has 0 saturated heterocycles. The van der Waals surface area contributed by atoms with Crippen molar-refractivity contribution in [3.05, 3.63) is 71.8 Å². The zero-order valence-corrected chi connectivity index (χ0v) is 15.2. The van der Waals surface area contributed by atoms with Crippen LogP contribution in [-0.2, 0) is 22.7 Å². The van der Waals surface area contributed by atoms with E-state index in [1.807, 2.05) is 60.7 Å². The number of aliphatic hydroxyl groups excluding tert-OH is 1. The van der Waals surface area contributed by atoms with E-state index in [4.69, 9.17) is 9.47 Å². The van der Waals surface area contributed by atoms with Crippen LogP contribution in [-0.4, -0.2) is 35.0 Å². The van der Waals surface area contributed by atoms with Crippen molar-refractivity contribution >= 4 is 12.2 Å². The van der Waals surface area contributed by atoms with E-state index < -0.39 is 18.2 Å². The minimum atomic E-state index is -0.803. The Labute approximate surface area is 158 Å². The first kappa shape index (κ1) is 20.3. The van der Waals surface area contributed by atoms with Crippen molar-refractivity contribution in [3.63, 3.8) is 0 Å². The van der Waals surface area contributed by atoms with Crippen molar-refractivity contribution in [2.45, 2.75) is 32.6 Å². The molecule has 1 atom stereocenters. The lowest BCUT2D eigenvalue weighted by Gasteiger charge is -2.28. The smallest absolute Gasteiger partial charge is 0.429 e. The van der Waals surface area contributed by atoms with Crippen LogP contribution < -0.4 is 5.43 Å². The maximum absolute atomic E-state index is 12.4. The molecule has 2 aromatic rings. The minimum Gasteiger partial charge on any atom is -0.443 e. The number of rotatable bonds is 7. The SMILES string of the molecule is CC[C@H](CO)N(NC(=O)OCc1ccccc1)C(=O)OCc1ccccc1. The summed E-state index contributed by atoms with van der Waals surface area (Å²) >= 11 is 0. The molecule has 0 heterocycles. The first-order chi connectivity index (χ1) is 13.1. The third-order valence-corrected chi connectivity index (χ3v) is 3.87. The van der Waals surface area contributed by atoms with E-state index >= 15 is 0 Å². The molecule has 0 radical (unpaired) electrons. The first-order valence-corrected chi connectivity index (χ1v) is 8.72. The largest absolute Gasteiger partial charge is 0.443 e. The summed E-state index contributed by atoms with van der Waals surface area (Å²) < 4.78 is 10.4. The van der Waals surface area contributed by atoms with Gasteiger partial charge in [-0.25, -0.2) is 20.0 Å². The second kappa shape index (κ2) is 10.8. The fraction of sp³-hybridized carbons (Fsp3) is 0.300. The number of aliphatic hydroxyl groups is 1.